The molecule has 0 bridgehead atoms. The van der Waals surface area contributed by atoms with Crippen LogP contribution in [-0.2, 0) is 0 Å². The van der Waals surface area contributed by atoms with Crippen molar-refractivity contribution in [1.29, 1.82) is 0 Å². The number of halogens is 1. The summed E-state index contributed by atoms with van der Waals surface area (Å²) in [6.07, 6.45) is 3.52. The van der Waals surface area contributed by atoms with Crippen molar-refractivity contribution in [2.45, 2.75) is 13.0 Å². The average molecular weight is 432 g/mol. The molecule has 2 N–H and O–H groups in total. The van der Waals surface area contributed by atoms with Gasteiger partial charge in [-0.3, -0.25) is 10.1 Å². The number of carbonyl (C=O) groups excluding carboxylic acids is 1. The summed E-state index contributed by atoms with van der Waals surface area (Å²) in [7, 11) is 0. The van der Waals surface area contributed by atoms with Crippen molar-refractivity contribution >= 4 is 35.1 Å². The molecular formula is C23H18ClN5O2. The number of fused-ring (bicyclic) bond motifs is 1. The minimum Gasteiger partial charge on any atom is -0.459 e. The second-order valence-electron chi connectivity index (χ2n) is 7.20. The van der Waals surface area contributed by atoms with Gasteiger partial charge in [0.1, 0.15) is 6.04 Å². The molecule has 2 aromatic carbocycles. The van der Waals surface area contributed by atoms with E-state index in [9.17, 15) is 4.79 Å². The van der Waals surface area contributed by atoms with Crippen molar-refractivity contribution in [3.05, 3.63) is 100 Å². The maximum absolute atomic E-state index is 12.4. The van der Waals surface area contributed by atoms with Crippen molar-refractivity contribution in [2.75, 3.05) is 10.6 Å². The van der Waals surface area contributed by atoms with Gasteiger partial charge in [0.2, 0.25) is 5.95 Å². The summed E-state index contributed by atoms with van der Waals surface area (Å²) in [4.78, 5) is 16.8. The number of nitrogens with zero attached hydrogens (tertiary/aromatic N) is 3. The third-order valence-corrected chi connectivity index (χ3v) is 5.26. The molecular weight excluding hydrogens is 414 g/mol. The number of rotatable bonds is 4. The van der Waals surface area contributed by atoms with Gasteiger partial charge in [-0.15, -0.1) is 5.10 Å². The number of benzene rings is 2. The smallest absolute Gasteiger partial charge is 0.293 e. The van der Waals surface area contributed by atoms with Gasteiger partial charge in [0.05, 0.1) is 6.26 Å². The second-order valence-corrected chi connectivity index (χ2v) is 7.64. The van der Waals surface area contributed by atoms with Gasteiger partial charge in [-0.1, -0.05) is 53.6 Å². The Morgan fingerprint density at radius 2 is 1.90 bits per heavy atom. The van der Waals surface area contributed by atoms with Crippen LogP contribution in [0.2, 0.25) is 5.02 Å². The monoisotopic (exact) mass is 431 g/mol. The number of nitrogens with one attached hydrogen (secondary N) is 2. The molecule has 2 aromatic heterocycles. The van der Waals surface area contributed by atoms with Crippen LogP contribution in [0.25, 0.3) is 5.70 Å². The van der Waals surface area contributed by atoms with Crippen molar-refractivity contribution in [3.63, 3.8) is 0 Å². The van der Waals surface area contributed by atoms with E-state index in [1.165, 1.54) is 11.8 Å². The molecule has 0 saturated carbocycles. The van der Waals surface area contributed by atoms with E-state index in [0.717, 1.165) is 16.8 Å². The van der Waals surface area contributed by atoms with Gasteiger partial charge >= 0.3 is 0 Å². The Labute approximate surface area is 183 Å². The number of anilines is 2. The van der Waals surface area contributed by atoms with E-state index in [0.29, 0.717) is 11.0 Å². The van der Waals surface area contributed by atoms with Crippen molar-refractivity contribution in [2.24, 2.45) is 0 Å². The number of aromatic nitrogens is 3. The first-order chi connectivity index (χ1) is 15.1. The second kappa shape index (κ2) is 7.77. The first-order valence-corrected chi connectivity index (χ1v) is 10.1. The Balaban J connectivity index is 1.53. The standard InChI is InChI=1S/C23H18ClN5O2/c1-14-4-6-15(7-5-14)18-13-19(16-8-10-17(24)11-9-16)29-23(25-18)27-22(28-29)26-21(30)20-3-2-12-31-20/h2-13,19H,1H3,(H2,25,26,27,28,30)/t19-/m0/s1. The number of carbonyl (C=O) groups is 1. The predicted molar refractivity (Wildman–Crippen MR) is 119 cm³/mol. The zero-order valence-corrected chi connectivity index (χ0v) is 17.3. The van der Waals surface area contributed by atoms with E-state index in [2.05, 4.69) is 51.1 Å². The molecule has 154 valence electrons. The number of hydrogen-bond donors (Lipinski definition) is 2. The van der Waals surface area contributed by atoms with Crippen LogP contribution in [0.5, 0.6) is 0 Å². The highest BCUT2D eigenvalue weighted by atomic mass is 35.5. The number of furan rings is 1. The molecule has 8 heteroatoms. The van der Waals surface area contributed by atoms with E-state index < -0.39 is 5.91 Å². The summed E-state index contributed by atoms with van der Waals surface area (Å²) in [5.74, 6) is 0.477. The number of amides is 1. The highest BCUT2D eigenvalue weighted by Gasteiger charge is 2.26. The third kappa shape index (κ3) is 3.83. The third-order valence-electron chi connectivity index (χ3n) is 5.01. The average Bonchev–Trinajstić information content (AvgIpc) is 3.44. The summed E-state index contributed by atoms with van der Waals surface area (Å²) in [6.45, 7) is 2.05. The molecule has 1 aliphatic heterocycles. The molecule has 7 nitrogen and oxygen atoms in total. The fraction of sp³-hybridized carbons (Fsp3) is 0.0870. The minimum atomic E-state index is -0.414. The molecule has 3 heterocycles. The Kier molecular flexibility index (Phi) is 4.80. The minimum absolute atomic E-state index is 0.182. The molecule has 5 rings (SSSR count). The quantitative estimate of drug-likeness (QED) is 0.467. The molecule has 4 aromatic rings. The lowest BCUT2D eigenvalue weighted by Gasteiger charge is -2.24. The van der Waals surface area contributed by atoms with E-state index in [-0.39, 0.29) is 17.8 Å². The maximum Gasteiger partial charge on any atom is 0.293 e. The van der Waals surface area contributed by atoms with Gasteiger partial charge in [-0.2, -0.15) is 4.98 Å². The van der Waals surface area contributed by atoms with E-state index in [1.807, 2.05) is 31.2 Å². The van der Waals surface area contributed by atoms with Crippen molar-refractivity contribution < 1.29 is 9.21 Å². The summed E-state index contributed by atoms with van der Waals surface area (Å²) in [5, 5.41) is 11.2. The maximum atomic E-state index is 12.4. The van der Waals surface area contributed by atoms with Crippen LogP contribution in [-0.4, -0.2) is 20.7 Å². The molecule has 0 aliphatic carbocycles. The molecule has 0 saturated heterocycles. The number of aryl methyl sites for hydroxylation is 1. The van der Waals surface area contributed by atoms with Crippen LogP contribution in [0.15, 0.2) is 77.4 Å². The zero-order valence-electron chi connectivity index (χ0n) is 16.5. The lowest BCUT2D eigenvalue weighted by Crippen LogP contribution is -2.20. The van der Waals surface area contributed by atoms with E-state index in [4.69, 9.17) is 16.0 Å². The zero-order chi connectivity index (χ0) is 21.4. The molecule has 31 heavy (non-hydrogen) atoms. The summed E-state index contributed by atoms with van der Waals surface area (Å²) >= 11 is 6.08. The van der Waals surface area contributed by atoms with Gasteiger partial charge in [0, 0.05) is 10.7 Å². The van der Waals surface area contributed by atoms with Gasteiger partial charge in [-0.05, 0) is 48.4 Å². The lowest BCUT2D eigenvalue weighted by molar-refractivity contribution is 0.0996. The first kappa shape index (κ1) is 19.1. The molecule has 0 radical (unpaired) electrons. The number of hydrogen-bond acceptors (Lipinski definition) is 5. The number of allylic oxidation sites excluding steroid dienone is 1. The SMILES string of the molecule is Cc1ccc(C2=C[C@@H](c3ccc(Cl)cc3)n3nc(NC(=O)c4ccco4)nc3N2)cc1. The molecule has 1 aliphatic rings. The van der Waals surface area contributed by atoms with Gasteiger partial charge in [0.15, 0.2) is 5.76 Å². The van der Waals surface area contributed by atoms with Crippen LogP contribution >= 0.6 is 11.6 Å². The summed E-state index contributed by atoms with van der Waals surface area (Å²) in [6, 6.07) is 18.8. The molecule has 1 atom stereocenters. The topological polar surface area (TPSA) is 85.0 Å². The van der Waals surface area contributed by atoms with Crippen molar-refractivity contribution in [1.82, 2.24) is 14.8 Å². The molecule has 1 amide bonds. The largest absolute Gasteiger partial charge is 0.459 e. The lowest BCUT2D eigenvalue weighted by atomic mass is 10.0. The highest BCUT2D eigenvalue weighted by Crippen LogP contribution is 2.33. The van der Waals surface area contributed by atoms with E-state index >= 15 is 0 Å². The fourth-order valence-corrected chi connectivity index (χ4v) is 3.54. The van der Waals surface area contributed by atoms with Crippen LogP contribution in [0.3, 0.4) is 0 Å². The van der Waals surface area contributed by atoms with Crippen molar-refractivity contribution in [3.8, 4) is 0 Å². The van der Waals surface area contributed by atoms with E-state index in [1.54, 1.807) is 16.8 Å². The molecule has 0 spiro atoms. The van der Waals surface area contributed by atoms with Gasteiger partial charge in [-0.25, -0.2) is 4.68 Å². The Hall–Kier alpha value is -3.84. The van der Waals surface area contributed by atoms with Gasteiger partial charge in [0.25, 0.3) is 11.9 Å². The van der Waals surface area contributed by atoms with Gasteiger partial charge < -0.3 is 9.73 Å². The summed E-state index contributed by atoms with van der Waals surface area (Å²) < 4.78 is 6.88. The fourth-order valence-electron chi connectivity index (χ4n) is 3.42. The van der Waals surface area contributed by atoms with Crippen LogP contribution in [0.1, 0.15) is 33.3 Å². The molecule has 0 unspecified atom stereocenters. The molecule has 0 fully saturated rings. The first-order valence-electron chi connectivity index (χ1n) is 9.69. The Morgan fingerprint density at radius 1 is 1.13 bits per heavy atom. The highest BCUT2D eigenvalue weighted by molar-refractivity contribution is 6.30. The Bertz CT molecular complexity index is 1260. The van der Waals surface area contributed by atoms with Crippen LogP contribution < -0.4 is 10.6 Å². The van der Waals surface area contributed by atoms with Crippen LogP contribution in [0.4, 0.5) is 11.9 Å². The van der Waals surface area contributed by atoms with Crippen LogP contribution in [0, 0.1) is 6.92 Å². The summed E-state index contributed by atoms with van der Waals surface area (Å²) in [5.41, 5.74) is 4.11. The predicted octanol–water partition coefficient (Wildman–Crippen LogP) is 5.14. The normalized spacial score (nSPS) is 15.0. The Morgan fingerprint density at radius 3 is 2.61 bits per heavy atom.